The number of benzene rings is 2. The van der Waals surface area contributed by atoms with Crippen molar-refractivity contribution in [3.63, 3.8) is 0 Å². The predicted molar refractivity (Wildman–Crippen MR) is 131 cm³/mol. The van der Waals surface area contributed by atoms with Gasteiger partial charge in [-0.15, -0.1) is 0 Å². The summed E-state index contributed by atoms with van der Waals surface area (Å²) in [7, 11) is 0. The molecule has 0 aliphatic rings. The summed E-state index contributed by atoms with van der Waals surface area (Å²) in [4.78, 5) is 38.6. The minimum Gasteiger partial charge on any atom is -0.215 e. The van der Waals surface area contributed by atoms with E-state index in [-0.39, 0.29) is 0 Å². The SMILES string of the molecule is CC(C)(N=C=O)c1cccc(C(C)(C)N=C=NC(C)(C)c2cccc(C(C)(C)N=C=O)c2)c1. The van der Waals surface area contributed by atoms with Crippen molar-refractivity contribution in [2.75, 3.05) is 0 Å². The lowest BCUT2D eigenvalue weighted by Crippen LogP contribution is -2.19. The summed E-state index contributed by atoms with van der Waals surface area (Å²) < 4.78 is 0. The van der Waals surface area contributed by atoms with Crippen LogP contribution in [0.4, 0.5) is 0 Å². The van der Waals surface area contributed by atoms with Gasteiger partial charge in [0.1, 0.15) is 0 Å². The van der Waals surface area contributed by atoms with Gasteiger partial charge in [-0.3, -0.25) is 0 Å². The Balaban J connectivity index is 2.38. The van der Waals surface area contributed by atoms with Crippen LogP contribution < -0.4 is 0 Å². The highest BCUT2D eigenvalue weighted by atomic mass is 16.1. The predicted octanol–water partition coefficient (Wildman–Crippen LogP) is 6.17. The molecule has 0 saturated heterocycles. The van der Waals surface area contributed by atoms with E-state index in [0.717, 1.165) is 22.3 Å². The average molecular weight is 445 g/mol. The molecule has 0 saturated carbocycles. The first-order chi connectivity index (χ1) is 15.2. The van der Waals surface area contributed by atoms with Crippen molar-refractivity contribution in [2.24, 2.45) is 20.0 Å². The number of nitrogens with zero attached hydrogens (tertiary/aromatic N) is 4. The zero-order chi connectivity index (χ0) is 24.9. The molecule has 0 bridgehead atoms. The Morgan fingerprint density at radius 3 is 1.06 bits per heavy atom. The summed E-state index contributed by atoms with van der Waals surface area (Å²) in [5.74, 6) is 0. The maximum atomic E-state index is 10.8. The first kappa shape index (κ1) is 25.8. The maximum absolute atomic E-state index is 10.8. The number of rotatable bonds is 8. The molecule has 0 atom stereocenters. The first-order valence-electron chi connectivity index (χ1n) is 10.8. The van der Waals surface area contributed by atoms with E-state index < -0.39 is 22.2 Å². The number of carbonyl (C=O) groups excluding carboxylic acids is 2. The lowest BCUT2D eigenvalue weighted by atomic mass is 9.88. The van der Waals surface area contributed by atoms with Gasteiger partial charge in [0.25, 0.3) is 0 Å². The van der Waals surface area contributed by atoms with Crippen LogP contribution in [0, 0.1) is 0 Å². The van der Waals surface area contributed by atoms with Crippen LogP contribution in [0.25, 0.3) is 0 Å². The van der Waals surface area contributed by atoms with Crippen LogP contribution in [-0.2, 0) is 31.7 Å². The molecule has 6 heteroatoms. The largest absolute Gasteiger partial charge is 0.235 e. The van der Waals surface area contributed by atoms with Crippen LogP contribution in [0.15, 0.2) is 68.5 Å². The third-order valence-electron chi connectivity index (χ3n) is 5.86. The van der Waals surface area contributed by atoms with Crippen LogP contribution in [0.5, 0.6) is 0 Å². The van der Waals surface area contributed by atoms with Gasteiger partial charge in [0, 0.05) is 0 Å². The van der Waals surface area contributed by atoms with Crippen LogP contribution in [0.2, 0.25) is 0 Å². The average Bonchev–Trinajstić information content (AvgIpc) is 2.73. The number of hydrogen-bond donors (Lipinski definition) is 0. The van der Waals surface area contributed by atoms with Crippen LogP contribution in [-0.4, -0.2) is 18.2 Å². The summed E-state index contributed by atoms with van der Waals surface area (Å²) >= 11 is 0. The molecule has 2 aromatic rings. The molecule has 0 heterocycles. The third kappa shape index (κ3) is 6.31. The van der Waals surface area contributed by atoms with Gasteiger partial charge in [-0.25, -0.2) is 19.6 Å². The Kier molecular flexibility index (Phi) is 7.52. The van der Waals surface area contributed by atoms with Crippen molar-refractivity contribution < 1.29 is 9.59 Å². The van der Waals surface area contributed by atoms with Crippen molar-refractivity contribution in [3.05, 3.63) is 70.8 Å². The smallest absolute Gasteiger partial charge is 0.215 e. The molecule has 0 spiro atoms. The molecular formula is C27H32N4O2. The third-order valence-corrected chi connectivity index (χ3v) is 5.86. The van der Waals surface area contributed by atoms with E-state index in [1.54, 1.807) is 12.2 Å². The molecule has 0 N–H and O–H groups in total. The zero-order valence-electron chi connectivity index (χ0n) is 20.7. The van der Waals surface area contributed by atoms with Gasteiger partial charge < -0.3 is 0 Å². The monoisotopic (exact) mass is 444 g/mol. The second kappa shape index (κ2) is 9.60. The Labute approximate surface area is 196 Å². The number of isocyanates is 2. The van der Waals surface area contributed by atoms with E-state index in [9.17, 15) is 9.59 Å². The first-order valence-corrected chi connectivity index (χ1v) is 10.8. The molecule has 2 aromatic carbocycles. The summed E-state index contributed by atoms with van der Waals surface area (Å²) in [5.41, 5.74) is 1.23. The van der Waals surface area contributed by atoms with Crippen LogP contribution >= 0.6 is 0 Å². The molecule has 0 aliphatic carbocycles. The van der Waals surface area contributed by atoms with Crippen molar-refractivity contribution in [1.82, 2.24) is 0 Å². The van der Waals surface area contributed by atoms with E-state index in [0.29, 0.717) is 0 Å². The second-order valence-corrected chi connectivity index (χ2v) is 10.1. The summed E-state index contributed by atoms with van der Waals surface area (Å²) in [6, 6.07) is 18.6. The minimum atomic E-state index is -0.666. The molecule has 0 amide bonds. The lowest BCUT2D eigenvalue weighted by Gasteiger charge is -2.24. The summed E-state index contributed by atoms with van der Waals surface area (Å²) in [6.45, 7) is 15.4. The van der Waals surface area contributed by atoms with Crippen molar-refractivity contribution >= 4 is 18.2 Å². The second-order valence-electron chi connectivity index (χ2n) is 10.1. The Bertz CT molecular complexity index is 1080. The molecule has 0 unspecified atom stereocenters. The quantitative estimate of drug-likeness (QED) is 0.360. The van der Waals surface area contributed by atoms with Crippen LogP contribution in [0.1, 0.15) is 77.6 Å². The Hall–Kier alpha value is -3.42. The van der Waals surface area contributed by atoms with Crippen molar-refractivity contribution in [2.45, 2.75) is 77.5 Å². The highest BCUT2D eigenvalue weighted by Gasteiger charge is 2.26. The van der Waals surface area contributed by atoms with Gasteiger partial charge in [-0.1, -0.05) is 48.5 Å². The van der Waals surface area contributed by atoms with E-state index in [4.69, 9.17) is 0 Å². The minimum absolute atomic E-state index is 0.584. The van der Waals surface area contributed by atoms with E-state index >= 15 is 0 Å². The molecule has 172 valence electrons. The highest BCUT2D eigenvalue weighted by Crippen LogP contribution is 2.32. The van der Waals surface area contributed by atoms with Gasteiger partial charge in [-0.05, 0) is 77.6 Å². The summed E-state index contributed by atoms with van der Waals surface area (Å²) in [6.07, 6.45) is 3.30. The van der Waals surface area contributed by atoms with Gasteiger partial charge in [-0.2, -0.15) is 9.98 Å². The fraction of sp³-hybridized carbons (Fsp3) is 0.444. The van der Waals surface area contributed by atoms with E-state index in [1.807, 2.05) is 104 Å². The standard InChI is InChI=1S/C27H32N4O2/c1-24(2,20-11-9-13-22(15-20)26(5,6)30-18-32)28-17-29-25(3,4)21-12-10-14-23(16-21)27(7,8)31-19-33/h9-16H,1-8H3. The molecule has 0 aromatic heterocycles. The van der Waals surface area contributed by atoms with E-state index in [1.165, 1.54) is 0 Å². The topological polar surface area (TPSA) is 83.6 Å². The molecule has 0 fully saturated rings. The van der Waals surface area contributed by atoms with Gasteiger partial charge in [0.2, 0.25) is 12.2 Å². The molecule has 0 radical (unpaired) electrons. The van der Waals surface area contributed by atoms with E-state index in [2.05, 4.69) is 26.0 Å². The Morgan fingerprint density at radius 2 is 0.788 bits per heavy atom. The number of aliphatic imine (C=N–C) groups is 4. The van der Waals surface area contributed by atoms with Gasteiger partial charge in [0.15, 0.2) is 0 Å². The Morgan fingerprint density at radius 1 is 0.515 bits per heavy atom. The van der Waals surface area contributed by atoms with Crippen LogP contribution in [0.3, 0.4) is 0 Å². The molecule has 2 rings (SSSR count). The molecule has 0 aliphatic heterocycles. The fourth-order valence-electron chi connectivity index (χ4n) is 3.32. The van der Waals surface area contributed by atoms with Crippen molar-refractivity contribution in [1.29, 1.82) is 0 Å². The summed E-state index contributed by atoms with van der Waals surface area (Å²) in [5, 5.41) is 0. The lowest BCUT2D eigenvalue weighted by molar-refractivity contribution is 0.517. The maximum Gasteiger partial charge on any atom is 0.235 e. The fourth-order valence-corrected chi connectivity index (χ4v) is 3.32. The van der Waals surface area contributed by atoms with Crippen molar-refractivity contribution in [3.8, 4) is 0 Å². The molecule has 6 nitrogen and oxygen atoms in total. The van der Waals surface area contributed by atoms with Gasteiger partial charge >= 0.3 is 0 Å². The number of hydrogen-bond acceptors (Lipinski definition) is 6. The molecule has 33 heavy (non-hydrogen) atoms. The molecular weight excluding hydrogens is 412 g/mol. The zero-order valence-corrected chi connectivity index (χ0v) is 20.7. The highest BCUT2D eigenvalue weighted by molar-refractivity contribution is 5.47. The normalized spacial score (nSPS) is 12.1. The van der Waals surface area contributed by atoms with Gasteiger partial charge in [0.05, 0.1) is 28.2 Å².